The van der Waals surface area contributed by atoms with E-state index in [1.807, 2.05) is 13.8 Å². The van der Waals surface area contributed by atoms with Gasteiger partial charge in [0.25, 0.3) is 5.24 Å². The van der Waals surface area contributed by atoms with Crippen LogP contribution in [-0.2, 0) is 28.2 Å². The number of hydrogen-bond donors (Lipinski definition) is 1. The van der Waals surface area contributed by atoms with E-state index in [0.717, 1.165) is 35.7 Å². The Labute approximate surface area is 200 Å². The monoisotopic (exact) mass is 495 g/mol. The van der Waals surface area contributed by atoms with Crippen LogP contribution in [0.4, 0.5) is 18.0 Å². The second-order valence-corrected chi connectivity index (χ2v) is 11.7. The molecule has 1 aliphatic heterocycles. The van der Waals surface area contributed by atoms with Crippen LogP contribution >= 0.6 is 23.4 Å². The molecule has 3 nitrogen and oxygen atoms in total. The first-order chi connectivity index (χ1) is 15.2. The number of imide groups is 1. The zero-order chi connectivity index (χ0) is 24.3. The smallest absolute Gasteiger partial charge is 0.286 e. The Bertz CT molecular complexity index is 1160. The quantitative estimate of drug-likeness (QED) is 0.487. The summed E-state index contributed by atoms with van der Waals surface area (Å²) in [5, 5.41) is 1.44. The molecule has 0 spiro atoms. The van der Waals surface area contributed by atoms with Crippen LogP contribution in [0.25, 0.3) is 11.1 Å². The number of nitrogens with one attached hydrogen (secondary N) is 1. The van der Waals surface area contributed by atoms with Crippen LogP contribution in [0.15, 0.2) is 30.3 Å². The number of amides is 2. The van der Waals surface area contributed by atoms with Gasteiger partial charge in [-0.05, 0) is 70.5 Å². The van der Waals surface area contributed by atoms with Crippen LogP contribution in [0, 0.1) is 0 Å². The minimum Gasteiger partial charge on any atom is -0.286 e. The summed E-state index contributed by atoms with van der Waals surface area (Å²) in [5.41, 5.74) is 1.39. The van der Waals surface area contributed by atoms with E-state index in [1.54, 1.807) is 24.3 Å². The maximum absolute atomic E-state index is 14.2. The standard InChI is InChI=1S/C25H25ClF3NO2S/c1-23(2)7-8-24(3,4)18-12-16(25(27,28)29)15(11-17(18)23)14-6-5-13(9-19(14)26)10-20-21(31)30-22(32)33-20/h5-6,9,11-12,20H,7-8,10H2,1-4H3,(H,30,31,32). The van der Waals surface area contributed by atoms with Crippen molar-refractivity contribution in [1.82, 2.24) is 5.32 Å². The third-order valence-electron chi connectivity index (χ3n) is 6.81. The van der Waals surface area contributed by atoms with Crippen LogP contribution in [0.3, 0.4) is 0 Å². The van der Waals surface area contributed by atoms with Gasteiger partial charge < -0.3 is 0 Å². The second-order valence-electron chi connectivity index (χ2n) is 10.1. The first-order valence-electron chi connectivity index (χ1n) is 10.8. The van der Waals surface area contributed by atoms with Gasteiger partial charge in [0, 0.05) is 10.6 Å². The molecule has 1 heterocycles. The molecular weight excluding hydrogens is 471 g/mol. The molecular formula is C25H25ClF3NO2S. The molecule has 1 saturated heterocycles. The van der Waals surface area contributed by atoms with E-state index in [4.69, 9.17) is 11.6 Å². The number of carbonyl (C=O) groups excluding carboxylic acids is 2. The molecule has 2 aromatic carbocycles. The van der Waals surface area contributed by atoms with Crippen molar-refractivity contribution in [3.8, 4) is 11.1 Å². The van der Waals surface area contributed by atoms with Crippen molar-refractivity contribution < 1.29 is 22.8 Å². The summed E-state index contributed by atoms with van der Waals surface area (Å²) >= 11 is 7.41. The molecule has 1 unspecified atom stereocenters. The lowest BCUT2D eigenvalue weighted by Gasteiger charge is -2.42. The summed E-state index contributed by atoms with van der Waals surface area (Å²) in [5.74, 6) is -0.371. The van der Waals surface area contributed by atoms with E-state index in [0.29, 0.717) is 11.1 Å². The van der Waals surface area contributed by atoms with Gasteiger partial charge in [-0.1, -0.05) is 63.2 Å². The highest BCUT2D eigenvalue weighted by Gasteiger charge is 2.42. The first kappa shape index (κ1) is 24.1. The Kier molecular flexibility index (Phi) is 5.89. The molecule has 1 aliphatic carbocycles. The van der Waals surface area contributed by atoms with Gasteiger partial charge in [-0.3, -0.25) is 14.9 Å². The molecule has 176 valence electrons. The molecule has 8 heteroatoms. The van der Waals surface area contributed by atoms with Gasteiger partial charge in [0.05, 0.1) is 10.8 Å². The predicted octanol–water partition coefficient (Wildman–Crippen LogP) is 7.27. The topological polar surface area (TPSA) is 46.2 Å². The first-order valence-corrected chi connectivity index (χ1v) is 12.0. The van der Waals surface area contributed by atoms with Crippen LogP contribution < -0.4 is 5.32 Å². The normalized spacial score (nSPS) is 21.6. The van der Waals surface area contributed by atoms with Crippen molar-refractivity contribution in [2.45, 2.75) is 69.2 Å². The fraction of sp³-hybridized carbons (Fsp3) is 0.440. The van der Waals surface area contributed by atoms with Crippen LogP contribution in [0.1, 0.15) is 62.8 Å². The zero-order valence-corrected chi connectivity index (χ0v) is 20.4. The van der Waals surface area contributed by atoms with Crippen LogP contribution in [0.2, 0.25) is 5.02 Å². The van der Waals surface area contributed by atoms with Crippen molar-refractivity contribution in [3.05, 3.63) is 57.6 Å². The third-order valence-corrected chi connectivity index (χ3v) is 8.10. The Morgan fingerprint density at radius 1 is 1.00 bits per heavy atom. The van der Waals surface area contributed by atoms with Crippen molar-refractivity contribution in [1.29, 1.82) is 0 Å². The molecule has 2 aromatic rings. The van der Waals surface area contributed by atoms with E-state index >= 15 is 0 Å². The molecule has 0 aromatic heterocycles. The van der Waals surface area contributed by atoms with Gasteiger partial charge in [-0.25, -0.2) is 0 Å². The molecule has 1 fully saturated rings. The van der Waals surface area contributed by atoms with Gasteiger partial charge in [0.15, 0.2) is 0 Å². The number of hydrogen-bond acceptors (Lipinski definition) is 3. The second kappa shape index (κ2) is 8.05. The lowest BCUT2D eigenvalue weighted by molar-refractivity contribution is -0.137. The summed E-state index contributed by atoms with van der Waals surface area (Å²) < 4.78 is 42.6. The summed E-state index contributed by atoms with van der Waals surface area (Å²) in [6.45, 7) is 8.11. The summed E-state index contributed by atoms with van der Waals surface area (Å²) in [4.78, 5) is 23.3. The highest BCUT2D eigenvalue weighted by molar-refractivity contribution is 8.15. The van der Waals surface area contributed by atoms with E-state index in [1.165, 1.54) is 6.07 Å². The minimum atomic E-state index is -4.54. The Morgan fingerprint density at radius 2 is 1.61 bits per heavy atom. The molecule has 1 N–H and O–H groups in total. The number of fused-ring (bicyclic) bond motifs is 1. The van der Waals surface area contributed by atoms with Crippen molar-refractivity contribution >= 4 is 34.5 Å². The van der Waals surface area contributed by atoms with Crippen molar-refractivity contribution in [2.75, 3.05) is 0 Å². The predicted molar refractivity (Wildman–Crippen MR) is 126 cm³/mol. The largest absolute Gasteiger partial charge is 0.417 e. The van der Waals surface area contributed by atoms with Crippen LogP contribution in [-0.4, -0.2) is 16.4 Å². The van der Waals surface area contributed by atoms with Crippen LogP contribution in [0.5, 0.6) is 0 Å². The molecule has 0 radical (unpaired) electrons. The van der Waals surface area contributed by atoms with Gasteiger partial charge >= 0.3 is 6.18 Å². The molecule has 0 saturated carbocycles. The lowest BCUT2D eigenvalue weighted by Crippen LogP contribution is -2.34. The number of thioether (sulfide) groups is 1. The average molecular weight is 496 g/mol. The molecule has 4 rings (SSSR count). The summed E-state index contributed by atoms with van der Waals surface area (Å²) in [6.07, 6.45) is -2.58. The fourth-order valence-corrected chi connectivity index (χ4v) is 5.88. The summed E-state index contributed by atoms with van der Waals surface area (Å²) in [6, 6.07) is 7.81. The maximum Gasteiger partial charge on any atom is 0.417 e. The fourth-order valence-electron chi connectivity index (χ4n) is 4.72. The van der Waals surface area contributed by atoms with E-state index in [9.17, 15) is 22.8 Å². The van der Waals surface area contributed by atoms with Crippen molar-refractivity contribution in [3.63, 3.8) is 0 Å². The average Bonchev–Trinajstić information content (AvgIpc) is 3.01. The number of benzene rings is 2. The van der Waals surface area contributed by atoms with E-state index < -0.39 is 22.2 Å². The Morgan fingerprint density at radius 3 is 2.12 bits per heavy atom. The molecule has 33 heavy (non-hydrogen) atoms. The highest BCUT2D eigenvalue weighted by atomic mass is 35.5. The lowest BCUT2D eigenvalue weighted by atomic mass is 9.62. The molecule has 2 aliphatic rings. The Hall–Kier alpha value is -1.99. The molecule has 2 amide bonds. The highest BCUT2D eigenvalue weighted by Crippen LogP contribution is 2.50. The van der Waals surface area contributed by atoms with E-state index in [2.05, 4.69) is 19.2 Å². The van der Waals surface area contributed by atoms with Gasteiger partial charge in [0.1, 0.15) is 0 Å². The molecule has 1 atom stereocenters. The number of halogens is 4. The van der Waals surface area contributed by atoms with E-state index in [-0.39, 0.29) is 33.7 Å². The number of alkyl halides is 3. The minimum absolute atomic E-state index is 0.0618. The maximum atomic E-state index is 14.2. The zero-order valence-electron chi connectivity index (χ0n) is 18.8. The van der Waals surface area contributed by atoms with Gasteiger partial charge in [-0.15, -0.1) is 0 Å². The van der Waals surface area contributed by atoms with Gasteiger partial charge in [0.2, 0.25) is 5.91 Å². The number of carbonyl (C=O) groups is 2. The molecule has 0 bridgehead atoms. The van der Waals surface area contributed by atoms with Gasteiger partial charge in [-0.2, -0.15) is 13.2 Å². The number of rotatable bonds is 3. The summed E-state index contributed by atoms with van der Waals surface area (Å²) in [7, 11) is 0. The third kappa shape index (κ3) is 4.54. The SMILES string of the molecule is CC1(C)CCC(C)(C)c2cc(C(F)(F)F)c(-c3ccc(CC4SC(=O)NC4=O)cc3Cl)cc21. The van der Waals surface area contributed by atoms with Crippen molar-refractivity contribution in [2.24, 2.45) is 0 Å². The Balaban J connectivity index is 1.81.